The van der Waals surface area contributed by atoms with E-state index < -0.39 is 0 Å². The minimum absolute atomic E-state index is 0.0953. The molecule has 0 bridgehead atoms. The Kier molecular flexibility index (Phi) is 8.40. The zero-order valence-electron chi connectivity index (χ0n) is 20.1. The maximum Gasteiger partial charge on any atom is 0.160 e. The number of rotatable bonds is 4. The van der Waals surface area contributed by atoms with Gasteiger partial charge in [-0.25, -0.2) is 0 Å². The second kappa shape index (κ2) is 10.6. The number of carbonyl (C=O) groups excluding carboxylic acids is 2. The summed E-state index contributed by atoms with van der Waals surface area (Å²) >= 11 is 5.82. The van der Waals surface area contributed by atoms with E-state index in [1.165, 1.54) is 11.1 Å². The number of benzene rings is 3. The zero-order valence-corrected chi connectivity index (χ0v) is 20.9. The molecule has 32 heavy (non-hydrogen) atoms. The molecule has 3 nitrogen and oxygen atoms in total. The fraction of sp³-hybridized carbons (Fsp3) is 0.286. The lowest BCUT2D eigenvalue weighted by Gasteiger charge is -2.12. The van der Waals surface area contributed by atoms with Gasteiger partial charge in [0.2, 0.25) is 0 Å². The SMILES string of the molecule is CC(=O)c1c(C)cc(Cl)cc1C.CC(=O)c1c(C)cc(Oc2cc(C)cc(C)c2)cc1C. The summed E-state index contributed by atoms with van der Waals surface area (Å²) in [5.74, 6) is 1.80. The van der Waals surface area contributed by atoms with Gasteiger partial charge in [-0.15, -0.1) is 0 Å². The molecule has 0 heterocycles. The first-order valence-electron chi connectivity index (χ1n) is 10.5. The molecule has 0 saturated heterocycles. The van der Waals surface area contributed by atoms with Gasteiger partial charge in [0.15, 0.2) is 11.6 Å². The van der Waals surface area contributed by atoms with Crippen LogP contribution in [0.2, 0.25) is 5.02 Å². The summed E-state index contributed by atoms with van der Waals surface area (Å²) in [6, 6.07) is 13.6. The number of ketones is 2. The van der Waals surface area contributed by atoms with Crippen LogP contribution in [0.15, 0.2) is 42.5 Å². The molecule has 0 aromatic heterocycles. The van der Waals surface area contributed by atoms with E-state index in [-0.39, 0.29) is 11.6 Å². The first-order chi connectivity index (χ1) is 14.9. The summed E-state index contributed by atoms with van der Waals surface area (Å²) in [6.45, 7) is 15.0. The maximum absolute atomic E-state index is 11.6. The number of ether oxygens (including phenoxy) is 1. The normalized spacial score (nSPS) is 10.3. The number of hydrogen-bond acceptors (Lipinski definition) is 3. The molecule has 0 atom stereocenters. The molecule has 168 valence electrons. The number of halogens is 1. The van der Waals surface area contributed by atoms with Crippen molar-refractivity contribution in [3.63, 3.8) is 0 Å². The number of hydrogen-bond donors (Lipinski definition) is 0. The Morgan fingerprint density at radius 1 is 0.594 bits per heavy atom. The first-order valence-corrected chi connectivity index (χ1v) is 10.9. The highest BCUT2D eigenvalue weighted by molar-refractivity contribution is 6.30. The molecule has 0 spiro atoms. The lowest BCUT2D eigenvalue weighted by molar-refractivity contribution is 0.100. The molecule has 0 aliphatic heterocycles. The van der Waals surface area contributed by atoms with E-state index in [1.807, 2.05) is 64.1 Å². The van der Waals surface area contributed by atoms with E-state index in [2.05, 4.69) is 19.9 Å². The third-order valence-corrected chi connectivity index (χ3v) is 5.36. The third kappa shape index (κ3) is 6.54. The van der Waals surface area contributed by atoms with Crippen LogP contribution in [-0.2, 0) is 0 Å². The molecule has 0 unspecified atom stereocenters. The van der Waals surface area contributed by atoms with Crippen LogP contribution in [0.25, 0.3) is 0 Å². The number of aryl methyl sites for hydroxylation is 6. The molecule has 0 aliphatic rings. The van der Waals surface area contributed by atoms with Gasteiger partial charge in [0, 0.05) is 16.1 Å². The van der Waals surface area contributed by atoms with E-state index in [0.29, 0.717) is 5.02 Å². The van der Waals surface area contributed by atoms with Crippen LogP contribution in [0.5, 0.6) is 11.5 Å². The van der Waals surface area contributed by atoms with E-state index in [1.54, 1.807) is 13.8 Å². The van der Waals surface area contributed by atoms with Crippen LogP contribution in [0, 0.1) is 41.5 Å². The number of carbonyl (C=O) groups is 2. The molecular weight excluding hydrogens is 420 g/mol. The predicted octanol–water partition coefficient (Wildman–Crippen LogP) is 8.07. The first kappa shape index (κ1) is 25.4. The molecule has 0 fully saturated rings. The molecule has 0 saturated carbocycles. The fourth-order valence-electron chi connectivity index (χ4n) is 4.13. The zero-order chi connectivity index (χ0) is 24.2. The Morgan fingerprint density at radius 3 is 1.31 bits per heavy atom. The summed E-state index contributed by atoms with van der Waals surface area (Å²) in [5.41, 5.74) is 7.74. The fourth-order valence-corrected chi connectivity index (χ4v) is 4.46. The molecule has 0 radical (unpaired) electrons. The molecule has 3 rings (SSSR count). The Bertz CT molecular complexity index is 1110. The van der Waals surface area contributed by atoms with Crippen molar-refractivity contribution in [2.75, 3.05) is 0 Å². The van der Waals surface area contributed by atoms with Crippen LogP contribution in [0.1, 0.15) is 67.9 Å². The second-order valence-electron chi connectivity index (χ2n) is 8.38. The van der Waals surface area contributed by atoms with Crippen LogP contribution in [0.3, 0.4) is 0 Å². The summed E-state index contributed by atoms with van der Waals surface area (Å²) in [5, 5.41) is 0.690. The quantitative estimate of drug-likeness (QED) is 0.377. The maximum atomic E-state index is 11.6. The monoisotopic (exact) mass is 450 g/mol. The average molecular weight is 451 g/mol. The van der Waals surface area contributed by atoms with Crippen molar-refractivity contribution in [2.24, 2.45) is 0 Å². The van der Waals surface area contributed by atoms with Crippen molar-refractivity contribution in [1.82, 2.24) is 0 Å². The Labute approximate surface area is 196 Å². The van der Waals surface area contributed by atoms with Crippen molar-refractivity contribution in [2.45, 2.75) is 55.4 Å². The average Bonchev–Trinajstić information content (AvgIpc) is 2.58. The summed E-state index contributed by atoms with van der Waals surface area (Å²) in [4.78, 5) is 22.8. The lowest BCUT2D eigenvalue weighted by atomic mass is 9.99. The largest absolute Gasteiger partial charge is 0.457 e. The predicted molar refractivity (Wildman–Crippen MR) is 133 cm³/mol. The van der Waals surface area contributed by atoms with Crippen molar-refractivity contribution >= 4 is 23.2 Å². The topological polar surface area (TPSA) is 43.4 Å². The highest BCUT2D eigenvalue weighted by Crippen LogP contribution is 2.28. The summed E-state index contributed by atoms with van der Waals surface area (Å²) < 4.78 is 5.93. The molecule has 3 aromatic rings. The Balaban J connectivity index is 0.000000258. The van der Waals surface area contributed by atoms with E-state index in [0.717, 1.165) is 44.9 Å². The van der Waals surface area contributed by atoms with Gasteiger partial charge in [0.05, 0.1) is 0 Å². The van der Waals surface area contributed by atoms with Crippen LogP contribution in [0.4, 0.5) is 0 Å². The highest BCUT2D eigenvalue weighted by atomic mass is 35.5. The Morgan fingerprint density at radius 2 is 0.938 bits per heavy atom. The van der Waals surface area contributed by atoms with Crippen molar-refractivity contribution < 1.29 is 14.3 Å². The minimum atomic E-state index is 0.0953. The standard InChI is InChI=1S/C18H20O2.C10H11ClO/c1-11-6-12(2)8-16(7-11)20-17-9-13(3)18(15(5)19)14(4)10-17;1-6-4-9(11)5-7(2)10(6)8(3)12/h6-10H,1-5H3;4-5H,1-3H3. The highest BCUT2D eigenvalue weighted by Gasteiger charge is 2.11. The molecule has 4 heteroatoms. The summed E-state index contributed by atoms with van der Waals surface area (Å²) in [6.07, 6.45) is 0. The van der Waals surface area contributed by atoms with Crippen LogP contribution >= 0.6 is 11.6 Å². The van der Waals surface area contributed by atoms with Gasteiger partial charge in [0.1, 0.15) is 11.5 Å². The van der Waals surface area contributed by atoms with Gasteiger partial charge in [-0.2, -0.15) is 0 Å². The lowest BCUT2D eigenvalue weighted by Crippen LogP contribution is -2.00. The van der Waals surface area contributed by atoms with Crippen molar-refractivity contribution in [3.8, 4) is 11.5 Å². The van der Waals surface area contributed by atoms with Gasteiger partial charge < -0.3 is 4.74 Å². The molecule has 0 aliphatic carbocycles. The van der Waals surface area contributed by atoms with E-state index in [9.17, 15) is 9.59 Å². The molecule has 3 aromatic carbocycles. The van der Waals surface area contributed by atoms with Gasteiger partial charge in [-0.3, -0.25) is 9.59 Å². The van der Waals surface area contributed by atoms with Crippen LogP contribution < -0.4 is 4.74 Å². The molecule has 0 N–H and O–H groups in total. The Hall–Kier alpha value is -2.91. The summed E-state index contributed by atoms with van der Waals surface area (Å²) in [7, 11) is 0. The second-order valence-corrected chi connectivity index (χ2v) is 8.82. The van der Waals surface area contributed by atoms with Gasteiger partial charge in [0.25, 0.3) is 0 Å². The van der Waals surface area contributed by atoms with E-state index in [4.69, 9.17) is 16.3 Å². The smallest absolute Gasteiger partial charge is 0.160 e. The minimum Gasteiger partial charge on any atom is -0.457 e. The third-order valence-electron chi connectivity index (χ3n) is 5.14. The number of Topliss-reactive ketones (excluding diaryl/α,β-unsaturated/α-hetero) is 2. The van der Waals surface area contributed by atoms with Gasteiger partial charge in [-0.1, -0.05) is 17.7 Å². The van der Waals surface area contributed by atoms with Crippen molar-refractivity contribution in [3.05, 3.63) is 92.0 Å². The molecule has 0 amide bonds. The molecular formula is C28H31ClO3. The van der Waals surface area contributed by atoms with Gasteiger partial charge >= 0.3 is 0 Å². The van der Waals surface area contributed by atoms with Crippen molar-refractivity contribution in [1.29, 1.82) is 0 Å². The van der Waals surface area contributed by atoms with Gasteiger partial charge in [-0.05, 0) is 125 Å². The van der Waals surface area contributed by atoms with Crippen LogP contribution in [-0.4, -0.2) is 11.6 Å². The van der Waals surface area contributed by atoms with E-state index >= 15 is 0 Å².